The topological polar surface area (TPSA) is 59.8 Å². The van der Waals surface area contributed by atoms with Crippen LogP contribution in [0.2, 0.25) is 0 Å². The van der Waals surface area contributed by atoms with Crippen LogP contribution >= 0.6 is 0 Å². The third-order valence-electron chi connectivity index (χ3n) is 5.31. The molecule has 0 bridgehead atoms. The van der Waals surface area contributed by atoms with Gasteiger partial charge < -0.3 is 5.32 Å². The van der Waals surface area contributed by atoms with Gasteiger partial charge >= 0.3 is 0 Å². The summed E-state index contributed by atoms with van der Waals surface area (Å²) in [6, 6.07) is 14.2. The maximum Gasteiger partial charge on any atom is 0.252 e. The molecule has 0 radical (unpaired) electrons. The van der Waals surface area contributed by atoms with Crippen LogP contribution in [-0.4, -0.2) is 27.0 Å². The minimum absolute atomic E-state index is 0.0566. The van der Waals surface area contributed by atoms with Crippen molar-refractivity contribution in [1.29, 1.82) is 0 Å². The molecule has 2 heterocycles. The van der Waals surface area contributed by atoms with E-state index in [1.54, 1.807) is 18.7 Å². The Bertz CT molecular complexity index is 851. The standard InChI is InChI=1S/C21H22N4O/c26-20(17-8-9-19(23-14-17)25-13-12-22-16-25)24-15-21(10-4-5-11-21)18-6-2-1-3-7-18/h1-3,6-9,12-14,16H,4-5,10-11,15H2,(H,24,26). The monoisotopic (exact) mass is 346 g/mol. The fraction of sp³-hybridized carbons (Fsp3) is 0.286. The van der Waals surface area contributed by atoms with Gasteiger partial charge in [-0.2, -0.15) is 0 Å². The van der Waals surface area contributed by atoms with Gasteiger partial charge in [-0.05, 0) is 30.5 Å². The Morgan fingerprint density at radius 2 is 1.92 bits per heavy atom. The van der Waals surface area contributed by atoms with E-state index in [2.05, 4.69) is 39.6 Å². The van der Waals surface area contributed by atoms with Crippen molar-refractivity contribution < 1.29 is 4.79 Å². The summed E-state index contributed by atoms with van der Waals surface area (Å²) in [5, 5.41) is 3.14. The van der Waals surface area contributed by atoms with Gasteiger partial charge in [-0.15, -0.1) is 0 Å². The number of nitrogens with zero attached hydrogens (tertiary/aromatic N) is 3. The highest BCUT2D eigenvalue weighted by atomic mass is 16.1. The second-order valence-corrected chi connectivity index (χ2v) is 6.91. The molecule has 0 aliphatic heterocycles. The summed E-state index contributed by atoms with van der Waals surface area (Å²) in [6.45, 7) is 0.666. The number of hydrogen-bond acceptors (Lipinski definition) is 3. The zero-order chi connectivity index (χ0) is 17.8. The Morgan fingerprint density at radius 3 is 2.58 bits per heavy atom. The molecule has 1 fully saturated rings. The maximum absolute atomic E-state index is 12.6. The van der Waals surface area contributed by atoms with Crippen molar-refractivity contribution in [2.45, 2.75) is 31.1 Å². The van der Waals surface area contributed by atoms with Gasteiger partial charge in [0.2, 0.25) is 0 Å². The summed E-state index contributed by atoms with van der Waals surface area (Å²) in [5.41, 5.74) is 1.96. The molecule has 0 saturated heterocycles. The predicted octanol–water partition coefficient (Wildman–Crippen LogP) is 3.51. The maximum atomic E-state index is 12.6. The number of hydrogen-bond donors (Lipinski definition) is 1. The second kappa shape index (κ2) is 7.12. The van der Waals surface area contributed by atoms with Crippen molar-refractivity contribution in [1.82, 2.24) is 19.9 Å². The number of rotatable bonds is 5. The Kier molecular flexibility index (Phi) is 4.52. The first-order valence-electron chi connectivity index (χ1n) is 9.05. The molecule has 0 spiro atoms. The van der Waals surface area contributed by atoms with Gasteiger partial charge in [0.05, 0.1) is 5.56 Å². The summed E-state index contributed by atoms with van der Waals surface area (Å²) in [5.74, 6) is 0.674. The smallest absolute Gasteiger partial charge is 0.252 e. The molecule has 1 N–H and O–H groups in total. The summed E-state index contributed by atoms with van der Waals surface area (Å²) >= 11 is 0. The second-order valence-electron chi connectivity index (χ2n) is 6.91. The highest BCUT2D eigenvalue weighted by molar-refractivity contribution is 5.94. The number of imidazole rings is 1. The molecule has 5 nitrogen and oxygen atoms in total. The number of carbonyl (C=O) groups is 1. The van der Waals surface area contributed by atoms with Crippen LogP contribution in [0.1, 0.15) is 41.6 Å². The SMILES string of the molecule is O=C(NCC1(c2ccccc2)CCCC1)c1ccc(-n2ccnc2)nc1. The van der Waals surface area contributed by atoms with Gasteiger partial charge in [-0.25, -0.2) is 9.97 Å². The number of carbonyl (C=O) groups excluding carboxylic acids is 1. The van der Waals surface area contributed by atoms with Crippen molar-refractivity contribution in [2.24, 2.45) is 0 Å². The third-order valence-corrected chi connectivity index (χ3v) is 5.31. The Morgan fingerprint density at radius 1 is 1.12 bits per heavy atom. The average Bonchev–Trinajstić information content (AvgIpc) is 3.40. The minimum Gasteiger partial charge on any atom is -0.351 e. The number of aromatic nitrogens is 3. The fourth-order valence-electron chi connectivity index (χ4n) is 3.83. The van der Waals surface area contributed by atoms with E-state index in [-0.39, 0.29) is 11.3 Å². The highest BCUT2D eigenvalue weighted by Gasteiger charge is 2.35. The molecule has 3 aromatic rings. The zero-order valence-electron chi connectivity index (χ0n) is 14.6. The first kappa shape index (κ1) is 16.5. The molecular weight excluding hydrogens is 324 g/mol. The van der Waals surface area contributed by atoms with Crippen LogP contribution in [0.5, 0.6) is 0 Å². The van der Waals surface area contributed by atoms with E-state index >= 15 is 0 Å². The number of benzene rings is 1. The number of amides is 1. The van der Waals surface area contributed by atoms with Gasteiger partial charge in [0.15, 0.2) is 0 Å². The summed E-state index contributed by atoms with van der Waals surface area (Å²) in [4.78, 5) is 21.0. The number of nitrogens with one attached hydrogen (secondary N) is 1. The Balaban J connectivity index is 1.46. The van der Waals surface area contributed by atoms with Gasteiger partial charge in [0.1, 0.15) is 12.1 Å². The molecule has 2 aromatic heterocycles. The molecule has 1 amide bonds. The van der Waals surface area contributed by atoms with Crippen molar-refractivity contribution in [3.63, 3.8) is 0 Å². The van der Waals surface area contributed by atoms with E-state index in [1.165, 1.54) is 18.4 Å². The fourth-order valence-corrected chi connectivity index (χ4v) is 3.83. The predicted molar refractivity (Wildman–Crippen MR) is 100 cm³/mol. The minimum atomic E-state index is -0.0723. The first-order chi connectivity index (χ1) is 12.8. The van der Waals surface area contributed by atoms with E-state index in [0.29, 0.717) is 12.1 Å². The summed E-state index contributed by atoms with van der Waals surface area (Å²) < 4.78 is 1.81. The quantitative estimate of drug-likeness (QED) is 0.769. The van der Waals surface area contributed by atoms with Crippen molar-refractivity contribution >= 4 is 5.91 Å². The molecule has 0 atom stereocenters. The Hall–Kier alpha value is -2.95. The van der Waals surface area contributed by atoms with E-state index in [9.17, 15) is 4.79 Å². The summed E-state index contributed by atoms with van der Waals surface area (Å²) in [7, 11) is 0. The van der Waals surface area contributed by atoms with Crippen molar-refractivity contribution in [2.75, 3.05) is 6.54 Å². The normalized spacial score (nSPS) is 15.7. The van der Waals surface area contributed by atoms with Crippen LogP contribution < -0.4 is 5.32 Å². The molecule has 132 valence electrons. The molecule has 26 heavy (non-hydrogen) atoms. The van der Waals surface area contributed by atoms with Crippen molar-refractivity contribution in [3.8, 4) is 5.82 Å². The summed E-state index contributed by atoms with van der Waals surface area (Å²) in [6.07, 6.45) is 11.5. The van der Waals surface area contributed by atoms with Crippen LogP contribution in [-0.2, 0) is 5.41 Å². The lowest BCUT2D eigenvalue weighted by Gasteiger charge is -2.30. The van der Waals surface area contributed by atoms with Gasteiger partial charge in [-0.1, -0.05) is 43.2 Å². The molecule has 4 rings (SSSR count). The molecular formula is C21H22N4O. The van der Waals surface area contributed by atoms with E-state index < -0.39 is 0 Å². The zero-order valence-corrected chi connectivity index (χ0v) is 14.6. The Labute approximate surface area is 153 Å². The number of pyridine rings is 1. The van der Waals surface area contributed by atoms with E-state index in [1.807, 2.05) is 29.0 Å². The van der Waals surface area contributed by atoms with Gasteiger partial charge in [0, 0.05) is 30.6 Å². The average molecular weight is 346 g/mol. The van der Waals surface area contributed by atoms with Gasteiger partial charge in [-0.3, -0.25) is 9.36 Å². The molecule has 1 aromatic carbocycles. The lowest BCUT2D eigenvalue weighted by molar-refractivity contribution is 0.0943. The largest absolute Gasteiger partial charge is 0.351 e. The van der Waals surface area contributed by atoms with Crippen molar-refractivity contribution in [3.05, 3.63) is 78.5 Å². The van der Waals surface area contributed by atoms with Crippen LogP contribution in [0.15, 0.2) is 67.4 Å². The van der Waals surface area contributed by atoms with Gasteiger partial charge in [0.25, 0.3) is 5.91 Å². The van der Waals surface area contributed by atoms with E-state index in [4.69, 9.17) is 0 Å². The highest BCUT2D eigenvalue weighted by Crippen LogP contribution is 2.40. The lowest BCUT2D eigenvalue weighted by Crippen LogP contribution is -2.39. The van der Waals surface area contributed by atoms with Crippen LogP contribution in [0.3, 0.4) is 0 Å². The van der Waals surface area contributed by atoms with Crippen LogP contribution in [0.25, 0.3) is 5.82 Å². The van der Waals surface area contributed by atoms with Crippen LogP contribution in [0, 0.1) is 0 Å². The van der Waals surface area contributed by atoms with Crippen LogP contribution in [0.4, 0.5) is 0 Å². The first-order valence-corrected chi connectivity index (χ1v) is 9.05. The molecule has 5 heteroatoms. The molecule has 1 aliphatic rings. The molecule has 0 unspecified atom stereocenters. The molecule has 1 saturated carbocycles. The third kappa shape index (κ3) is 3.25. The molecule has 1 aliphatic carbocycles. The lowest BCUT2D eigenvalue weighted by atomic mass is 9.79. The van der Waals surface area contributed by atoms with E-state index in [0.717, 1.165) is 18.7 Å².